The van der Waals surface area contributed by atoms with Gasteiger partial charge >= 0.3 is 0 Å². The molecule has 0 amide bonds. The molecule has 6 heteroatoms. The van der Waals surface area contributed by atoms with Gasteiger partial charge < -0.3 is 0 Å². The third-order valence-corrected chi connectivity index (χ3v) is 6.55. The summed E-state index contributed by atoms with van der Waals surface area (Å²) in [5.74, 6) is 1.47. The summed E-state index contributed by atoms with van der Waals surface area (Å²) in [5, 5.41) is 11.7. The van der Waals surface area contributed by atoms with Crippen LogP contribution in [0.5, 0.6) is 0 Å². The van der Waals surface area contributed by atoms with Crippen LogP contribution in [0.3, 0.4) is 0 Å². The number of rotatable bonds is 9. The minimum atomic E-state index is 0.144. The molecule has 1 aliphatic carbocycles. The number of aromatic nitrogens is 3. The molecule has 0 aliphatic heterocycles. The number of hydrogen-bond acceptors (Lipinski definition) is 5. The highest BCUT2D eigenvalue weighted by atomic mass is 32.2. The Hall–Kier alpha value is -1.92. The Morgan fingerprint density at radius 2 is 2.04 bits per heavy atom. The van der Waals surface area contributed by atoms with Crippen molar-refractivity contribution in [3.63, 3.8) is 0 Å². The second kappa shape index (κ2) is 8.40. The molecule has 0 unspecified atom stereocenters. The van der Waals surface area contributed by atoms with Crippen LogP contribution in [0, 0.1) is 0 Å². The maximum absolute atomic E-state index is 12.6. The highest BCUT2D eigenvalue weighted by molar-refractivity contribution is 7.99. The number of unbranched alkanes of at least 4 members (excludes halogenated alkanes) is 1. The normalized spacial score (nSPS) is 13.8. The lowest BCUT2D eigenvalue weighted by Gasteiger charge is -2.07. The van der Waals surface area contributed by atoms with E-state index in [0.717, 1.165) is 40.7 Å². The number of carbonyl (C=O) groups is 1. The van der Waals surface area contributed by atoms with Crippen LogP contribution in [0.2, 0.25) is 0 Å². The Kier molecular flexibility index (Phi) is 5.74. The quantitative estimate of drug-likeness (QED) is 0.345. The second-order valence-corrected chi connectivity index (χ2v) is 8.79. The first-order valence-corrected chi connectivity index (χ1v) is 11.4. The average Bonchev–Trinajstić information content (AvgIpc) is 3.22. The molecule has 1 fully saturated rings. The summed E-state index contributed by atoms with van der Waals surface area (Å²) in [7, 11) is 0. The van der Waals surface area contributed by atoms with E-state index < -0.39 is 0 Å². The van der Waals surface area contributed by atoms with Gasteiger partial charge in [0.1, 0.15) is 0 Å². The van der Waals surface area contributed by atoms with Crippen molar-refractivity contribution >= 4 is 28.9 Å². The summed E-state index contributed by atoms with van der Waals surface area (Å²) < 4.78 is 2.22. The van der Waals surface area contributed by atoms with Crippen molar-refractivity contribution in [1.29, 1.82) is 0 Å². The van der Waals surface area contributed by atoms with Gasteiger partial charge in [-0.2, -0.15) is 0 Å². The maximum atomic E-state index is 12.6. The Balaban J connectivity index is 1.43. The highest BCUT2D eigenvalue weighted by Gasteiger charge is 2.30. The molecule has 0 atom stereocenters. The fourth-order valence-electron chi connectivity index (χ4n) is 3.06. The molecular weight excluding hydrogens is 374 g/mol. The van der Waals surface area contributed by atoms with Crippen molar-refractivity contribution in [2.75, 3.05) is 5.75 Å². The Morgan fingerprint density at radius 3 is 2.70 bits per heavy atom. The summed E-state index contributed by atoms with van der Waals surface area (Å²) in [6.07, 6.45) is 5.78. The average molecular weight is 398 g/mol. The van der Waals surface area contributed by atoms with E-state index in [9.17, 15) is 4.79 Å². The molecule has 3 aromatic rings. The monoisotopic (exact) mass is 397 g/mol. The van der Waals surface area contributed by atoms with Crippen molar-refractivity contribution < 1.29 is 4.79 Å². The lowest BCUT2D eigenvalue weighted by atomic mass is 10.1. The largest absolute Gasteiger partial charge is 0.298 e. The van der Waals surface area contributed by atoms with Crippen LogP contribution in [0.15, 0.2) is 46.9 Å². The molecule has 0 radical (unpaired) electrons. The van der Waals surface area contributed by atoms with E-state index in [4.69, 9.17) is 0 Å². The van der Waals surface area contributed by atoms with E-state index in [1.807, 2.05) is 18.2 Å². The highest BCUT2D eigenvalue weighted by Crippen LogP contribution is 2.41. The number of thioether (sulfide) groups is 1. The zero-order valence-corrected chi connectivity index (χ0v) is 17.1. The molecule has 1 saturated carbocycles. The second-order valence-electron chi connectivity index (χ2n) is 6.90. The van der Waals surface area contributed by atoms with Crippen LogP contribution in [0.1, 0.15) is 54.6 Å². The molecule has 1 aliphatic rings. The predicted molar refractivity (Wildman–Crippen MR) is 112 cm³/mol. The van der Waals surface area contributed by atoms with Crippen molar-refractivity contribution in [2.24, 2.45) is 0 Å². The van der Waals surface area contributed by atoms with Gasteiger partial charge in [0.15, 0.2) is 16.8 Å². The maximum Gasteiger partial charge on any atom is 0.192 e. The number of carbonyl (C=O) groups excluding carboxylic acids is 1. The lowest BCUT2D eigenvalue weighted by molar-refractivity contribution is 0.102. The number of Topliss-reactive ketones (excluding diaryl/α,β-unsaturated/α-hetero) is 1. The minimum absolute atomic E-state index is 0.144. The van der Waals surface area contributed by atoms with Gasteiger partial charge in [-0.15, -0.1) is 21.5 Å². The van der Waals surface area contributed by atoms with Crippen LogP contribution in [0.25, 0.3) is 10.7 Å². The molecule has 0 N–H and O–H groups in total. The van der Waals surface area contributed by atoms with Crippen molar-refractivity contribution in [3.05, 3.63) is 52.9 Å². The van der Waals surface area contributed by atoms with E-state index in [1.165, 1.54) is 30.2 Å². The Bertz CT molecular complexity index is 896. The van der Waals surface area contributed by atoms with E-state index >= 15 is 0 Å². The van der Waals surface area contributed by atoms with Gasteiger partial charge in [-0.05, 0) is 42.7 Å². The van der Waals surface area contributed by atoms with Crippen LogP contribution in [0.4, 0.5) is 0 Å². The topological polar surface area (TPSA) is 47.8 Å². The number of benzene rings is 1. The van der Waals surface area contributed by atoms with Gasteiger partial charge in [0.2, 0.25) is 0 Å². The molecule has 27 heavy (non-hydrogen) atoms. The third-order valence-electron chi connectivity index (χ3n) is 4.75. The molecule has 140 valence electrons. The summed E-state index contributed by atoms with van der Waals surface area (Å²) in [4.78, 5) is 13.7. The van der Waals surface area contributed by atoms with Crippen LogP contribution in [-0.4, -0.2) is 26.3 Å². The minimum Gasteiger partial charge on any atom is -0.298 e. The number of nitrogens with zero attached hydrogens (tertiary/aromatic N) is 3. The fourth-order valence-corrected chi connectivity index (χ4v) is 4.67. The molecule has 0 spiro atoms. The zero-order chi connectivity index (χ0) is 18.6. The Morgan fingerprint density at radius 1 is 1.22 bits per heavy atom. The standard InChI is InChI=1S/C21H23N3OS2/c1-2-3-5-15-7-9-16(10-8-15)18(25)14-27-21-23-22-20(19-6-4-13-26-19)24(21)17-11-12-17/h4,6-10,13,17H,2-3,5,11-12,14H2,1H3. The van der Waals surface area contributed by atoms with Crippen molar-refractivity contribution in [3.8, 4) is 10.7 Å². The first kappa shape index (κ1) is 18.4. The predicted octanol–water partition coefficient (Wildman–Crippen LogP) is 5.66. The van der Waals surface area contributed by atoms with Crippen molar-refractivity contribution in [1.82, 2.24) is 14.8 Å². The van der Waals surface area contributed by atoms with Gasteiger partial charge in [0.25, 0.3) is 0 Å². The number of hydrogen-bond donors (Lipinski definition) is 0. The zero-order valence-electron chi connectivity index (χ0n) is 15.4. The molecule has 0 saturated heterocycles. The SMILES string of the molecule is CCCCc1ccc(C(=O)CSc2nnc(-c3cccs3)n2C2CC2)cc1. The molecule has 2 heterocycles. The van der Waals surface area contributed by atoms with Gasteiger partial charge in [-0.1, -0.05) is 55.4 Å². The molecule has 0 bridgehead atoms. The third kappa shape index (κ3) is 4.33. The number of aryl methyl sites for hydroxylation is 1. The van der Waals surface area contributed by atoms with Crippen LogP contribution in [-0.2, 0) is 6.42 Å². The van der Waals surface area contributed by atoms with Crippen molar-refractivity contribution in [2.45, 2.75) is 50.2 Å². The fraction of sp³-hybridized carbons (Fsp3) is 0.381. The van der Waals surface area contributed by atoms with E-state index in [0.29, 0.717) is 11.8 Å². The first-order chi connectivity index (χ1) is 13.3. The van der Waals surface area contributed by atoms with E-state index in [2.05, 4.69) is 45.3 Å². The number of thiophene rings is 1. The summed E-state index contributed by atoms with van der Waals surface area (Å²) in [5.41, 5.74) is 2.08. The molecule has 4 rings (SSSR count). The Labute approximate surface area is 168 Å². The lowest BCUT2D eigenvalue weighted by Crippen LogP contribution is -2.05. The first-order valence-electron chi connectivity index (χ1n) is 9.50. The van der Waals surface area contributed by atoms with Gasteiger partial charge in [0.05, 0.1) is 10.6 Å². The van der Waals surface area contributed by atoms with Gasteiger partial charge in [-0.3, -0.25) is 9.36 Å². The molecule has 2 aromatic heterocycles. The van der Waals surface area contributed by atoms with Gasteiger partial charge in [-0.25, -0.2) is 0 Å². The smallest absolute Gasteiger partial charge is 0.192 e. The number of ketones is 1. The van der Waals surface area contributed by atoms with Gasteiger partial charge in [0, 0.05) is 11.6 Å². The molecule has 4 nitrogen and oxygen atoms in total. The summed E-state index contributed by atoms with van der Waals surface area (Å²) in [6, 6.07) is 12.7. The summed E-state index contributed by atoms with van der Waals surface area (Å²) in [6.45, 7) is 2.19. The van der Waals surface area contributed by atoms with E-state index in [1.54, 1.807) is 11.3 Å². The summed E-state index contributed by atoms with van der Waals surface area (Å²) >= 11 is 3.18. The van der Waals surface area contributed by atoms with E-state index in [-0.39, 0.29) is 5.78 Å². The molecule has 1 aromatic carbocycles. The van der Waals surface area contributed by atoms with Crippen LogP contribution < -0.4 is 0 Å². The van der Waals surface area contributed by atoms with Crippen LogP contribution >= 0.6 is 23.1 Å². The molecular formula is C21H23N3OS2.